The van der Waals surface area contributed by atoms with Crippen molar-refractivity contribution in [1.29, 1.82) is 0 Å². The Bertz CT molecular complexity index is 1020. The summed E-state index contributed by atoms with van der Waals surface area (Å²) >= 11 is 12.1. The van der Waals surface area contributed by atoms with Gasteiger partial charge < -0.3 is 15.0 Å². The zero-order chi connectivity index (χ0) is 21.5. The lowest BCUT2D eigenvalue weighted by molar-refractivity contribution is 0.111. The molecule has 2 saturated heterocycles. The van der Waals surface area contributed by atoms with E-state index in [1.807, 2.05) is 23.1 Å². The predicted octanol–water partition coefficient (Wildman–Crippen LogP) is 4.79. The van der Waals surface area contributed by atoms with Crippen LogP contribution in [-0.2, 0) is 17.7 Å². The second-order valence-corrected chi connectivity index (χ2v) is 9.13. The largest absolute Gasteiger partial charge is 0.443 e. The number of nitrogens with zero attached hydrogens (tertiary/aromatic N) is 2. The van der Waals surface area contributed by atoms with Crippen molar-refractivity contribution in [2.45, 2.75) is 44.0 Å². The number of piperidine rings is 1. The number of hydrogen-bond donors (Lipinski definition) is 1. The van der Waals surface area contributed by atoms with Crippen LogP contribution in [-0.4, -0.2) is 47.2 Å². The number of amides is 3. The van der Waals surface area contributed by atoms with E-state index in [1.165, 1.54) is 11.1 Å². The van der Waals surface area contributed by atoms with Gasteiger partial charge in [0.05, 0.1) is 6.04 Å². The minimum atomic E-state index is -0.232. The molecule has 2 unspecified atom stereocenters. The predicted molar refractivity (Wildman–Crippen MR) is 118 cm³/mol. The van der Waals surface area contributed by atoms with Gasteiger partial charge in [-0.1, -0.05) is 53.5 Å². The molecule has 6 nitrogen and oxygen atoms in total. The van der Waals surface area contributed by atoms with E-state index in [0.717, 1.165) is 24.8 Å². The highest BCUT2D eigenvalue weighted by atomic mass is 35.5. The molecule has 1 N–H and O–H groups in total. The number of benzene rings is 2. The number of rotatable bonds is 3. The van der Waals surface area contributed by atoms with Crippen LogP contribution in [0.25, 0.3) is 0 Å². The monoisotopic (exact) mass is 459 g/mol. The van der Waals surface area contributed by atoms with Gasteiger partial charge in [0.15, 0.2) is 0 Å². The molecule has 2 aromatic carbocycles. The molecule has 0 saturated carbocycles. The Morgan fingerprint density at radius 3 is 2.68 bits per heavy atom. The quantitative estimate of drug-likeness (QED) is 0.717. The van der Waals surface area contributed by atoms with E-state index in [-0.39, 0.29) is 30.3 Å². The van der Waals surface area contributed by atoms with Gasteiger partial charge in [0.1, 0.15) is 6.10 Å². The van der Waals surface area contributed by atoms with E-state index in [9.17, 15) is 9.59 Å². The zero-order valence-corrected chi connectivity index (χ0v) is 18.4. The van der Waals surface area contributed by atoms with E-state index in [0.29, 0.717) is 29.7 Å². The number of nitrogens with one attached hydrogen (secondary N) is 1. The molecule has 2 aliphatic heterocycles. The first-order chi connectivity index (χ1) is 15.0. The Morgan fingerprint density at radius 1 is 1.13 bits per heavy atom. The molecule has 1 aliphatic carbocycles. The van der Waals surface area contributed by atoms with E-state index in [2.05, 4.69) is 17.4 Å². The number of ether oxygens (including phenoxy) is 1. The van der Waals surface area contributed by atoms with Gasteiger partial charge in [0.2, 0.25) is 0 Å². The Labute approximate surface area is 191 Å². The Hall–Kier alpha value is -2.44. The fourth-order valence-corrected chi connectivity index (χ4v) is 5.42. The average Bonchev–Trinajstić information content (AvgIpc) is 3.27. The number of carbonyl (C=O) groups is 2. The van der Waals surface area contributed by atoms with Crippen LogP contribution in [0.4, 0.5) is 9.59 Å². The Balaban J connectivity index is 1.19. The van der Waals surface area contributed by atoms with Gasteiger partial charge in [-0.05, 0) is 41.7 Å². The number of likely N-dealkylation sites (tertiary alicyclic amines) is 1. The van der Waals surface area contributed by atoms with Crippen LogP contribution < -0.4 is 5.32 Å². The molecule has 0 bridgehead atoms. The molecular weight excluding hydrogens is 437 g/mol. The summed E-state index contributed by atoms with van der Waals surface area (Å²) in [5.74, 6) is 0. The molecule has 2 aromatic rings. The number of urea groups is 1. The Morgan fingerprint density at radius 2 is 1.90 bits per heavy atom. The molecule has 0 aromatic heterocycles. The summed E-state index contributed by atoms with van der Waals surface area (Å²) < 4.78 is 5.69. The van der Waals surface area contributed by atoms with Crippen LogP contribution in [0.3, 0.4) is 0 Å². The van der Waals surface area contributed by atoms with E-state index in [4.69, 9.17) is 27.9 Å². The fourth-order valence-electron chi connectivity index (χ4n) is 4.95. The molecule has 31 heavy (non-hydrogen) atoms. The molecule has 2 atom stereocenters. The molecule has 0 radical (unpaired) electrons. The van der Waals surface area contributed by atoms with Gasteiger partial charge in [-0.2, -0.15) is 0 Å². The third-order valence-electron chi connectivity index (χ3n) is 6.50. The molecule has 162 valence electrons. The van der Waals surface area contributed by atoms with Gasteiger partial charge in [0.25, 0.3) is 0 Å². The fraction of sp³-hybridized carbons (Fsp3) is 0.391. The second kappa shape index (κ2) is 8.24. The lowest BCUT2D eigenvalue weighted by Crippen LogP contribution is -2.50. The zero-order valence-electron chi connectivity index (χ0n) is 16.9. The minimum Gasteiger partial charge on any atom is -0.443 e. The number of fused-ring (bicyclic) bond motifs is 3. The maximum absolute atomic E-state index is 12.6. The van der Waals surface area contributed by atoms with Crippen LogP contribution in [0.15, 0.2) is 42.5 Å². The first-order valence-electron chi connectivity index (χ1n) is 10.5. The summed E-state index contributed by atoms with van der Waals surface area (Å²) in [4.78, 5) is 29.0. The van der Waals surface area contributed by atoms with Crippen molar-refractivity contribution >= 4 is 35.3 Å². The summed E-state index contributed by atoms with van der Waals surface area (Å²) in [7, 11) is 0. The lowest BCUT2D eigenvalue weighted by Gasteiger charge is -2.37. The average molecular weight is 460 g/mol. The molecule has 8 heteroatoms. The van der Waals surface area contributed by atoms with Gasteiger partial charge in [-0.25, -0.2) is 9.59 Å². The Kier molecular flexibility index (Phi) is 5.44. The van der Waals surface area contributed by atoms with Gasteiger partial charge in [0, 0.05) is 42.1 Å². The number of hydrogen-bond acceptors (Lipinski definition) is 3. The van der Waals surface area contributed by atoms with E-state index >= 15 is 0 Å². The van der Waals surface area contributed by atoms with Gasteiger partial charge >= 0.3 is 12.1 Å². The summed E-state index contributed by atoms with van der Waals surface area (Å²) in [6.07, 6.45) is 1.91. The SMILES string of the molecule is O=C(NCc1ccc(Cl)cc1Cl)N1CCC(N2C(=O)OC3Cc4ccccc4C32)CC1. The second-order valence-electron chi connectivity index (χ2n) is 8.29. The van der Waals surface area contributed by atoms with Crippen LogP contribution >= 0.6 is 23.2 Å². The van der Waals surface area contributed by atoms with Crippen LogP contribution in [0, 0.1) is 0 Å². The van der Waals surface area contributed by atoms with Gasteiger partial charge in [-0.15, -0.1) is 0 Å². The molecule has 0 spiro atoms. The standard InChI is InChI=1S/C23H23Cl2N3O3/c24-16-6-5-15(19(25)12-16)13-26-22(29)27-9-7-17(8-10-27)28-21-18-4-2-1-3-14(18)11-20(21)31-23(28)30/h1-6,12,17,20-21H,7-11,13H2,(H,26,29). The van der Waals surface area contributed by atoms with Crippen LogP contribution in [0.5, 0.6) is 0 Å². The smallest absolute Gasteiger partial charge is 0.411 e. The summed E-state index contributed by atoms with van der Waals surface area (Å²) in [5.41, 5.74) is 3.27. The molecular formula is C23H23Cl2N3O3. The van der Waals surface area contributed by atoms with Crippen LogP contribution in [0.2, 0.25) is 10.0 Å². The third-order valence-corrected chi connectivity index (χ3v) is 7.09. The van der Waals surface area contributed by atoms with Crippen molar-refractivity contribution in [3.63, 3.8) is 0 Å². The first kappa shape index (κ1) is 20.5. The highest BCUT2D eigenvalue weighted by molar-refractivity contribution is 6.35. The molecule has 3 aliphatic rings. The van der Waals surface area contributed by atoms with Crippen molar-refractivity contribution in [2.75, 3.05) is 13.1 Å². The van der Waals surface area contributed by atoms with Crippen molar-refractivity contribution in [3.05, 3.63) is 69.2 Å². The molecule has 2 heterocycles. The maximum Gasteiger partial charge on any atom is 0.411 e. The van der Waals surface area contributed by atoms with E-state index < -0.39 is 0 Å². The van der Waals surface area contributed by atoms with Crippen molar-refractivity contribution in [2.24, 2.45) is 0 Å². The maximum atomic E-state index is 12.6. The highest BCUT2D eigenvalue weighted by Crippen LogP contribution is 2.44. The lowest BCUT2D eigenvalue weighted by atomic mass is 9.99. The summed E-state index contributed by atoms with van der Waals surface area (Å²) in [6.45, 7) is 1.52. The number of halogens is 2. The third kappa shape index (κ3) is 3.83. The van der Waals surface area contributed by atoms with E-state index in [1.54, 1.807) is 17.0 Å². The normalized spacial score (nSPS) is 22.8. The van der Waals surface area contributed by atoms with Crippen molar-refractivity contribution in [3.8, 4) is 0 Å². The molecule has 5 rings (SSSR count). The molecule has 3 amide bonds. The summed E-state index contributed by atoms with van der Waals surface area (Å²) in [6, 6.07) is 13.4. The first-order valence-corrected chi connectivity index (χ1v) is 11.3. The van der Waals surface area contributed by atoms with Crippen LogP contribution in [0.1, 0.15) is 35.6 Å². The van der Waals surface area contributed by atoms with Crippen molar-refractivity contribution in [1.82, 2.24) is 15.1 Å². The topological polar surface area (TPSA) is 61.9 Å². The number of carbonyl (C=O) groups excluding carboxylic acids is 2. The highest BCUT2D eigenvalue weighted by Gasteiger charge is 2.50. The summed E-state index contributed by atoms with van der Waals surface area (Å²) in [5, 5.41) is 4.02. The molecule has 2 fully saturated rings. The minimum absolute atomic E-state index is 0.0128. The van der Waals surface area contributed by atoms with Gasteiger partial charge in [-0.3, -0.25) is 4.90 Å². The van der Waals surface area contributed by atoms with Crippen molar-refractivity contribution < 1.29 is 14.3 Å².